The first-order chi connectivity index (χ1) is 13.3. The molecule has 0 radical (unpaired) electrons. The van der Waals surface area contributed by atoms with Crippen molar-refractivity contribution in [1.29, 1.82) is 5.26 Å². The lowest BCUT2D eigenvalue weighted by atomic mass is 9.68. The van der Waals surface area contributed by atoms with Gasteiger partial charge in [-0.05, 0) is 26.8 Å². The predicted octanol–water partition coefficient (Wildman–Crippen LogP) is 2.41. The molecule has 0 aromatic heterocycles. The van der Waals surface area contributed by atoms with E-state index in [0.29, 0.717) is 11.3 Å². The van der Waals surface area contributed by atoms with Crippen LogP contribution in [0.5, 0.6) is 0 Å². The Hall–Kier alpha value is -3.53. The molecule has 28 heavy (non-hydrogen) atoms. The van der Waals surface area contributed by atoms with E-state index in [4.69, 9.17) is 15.2 Å². The van der Waals surface area contributed by atoms with Gasteiger partial charge in [0.05, 0.1) is 6.10 Å². The average molecular weight is 379 g/mol. The maximum atomic E-state index is 13.7. The molecule has 0 bridgehead atoms. The second-order valence-corrected chi connectivity index (χ2v) is 6.81. The second kappa shape index (κ2) is 6.89. The minimum absolute atomic E-state index is 0.0315. The SMILES string of the molecule is C=CCN1C(=O)[C@@]2(C(C#N)=C(N)OC(C)=C2C(=O)OC(C)C)c2ccccc21. The first-order valence-electron chi connectivity index (χ1n) is 8.83. The van der Waals surface area contributed by atoms with Crippen LogP contribution in [0.3, 0.4) is 0 Å². The number of carbonyl (C=O) groups is 2. The van der Waals surface area contributed by atoms with Crippen molar-refractivity contribution >= 4 is 17.6 Å². The highest BCUT2D eigenvalue weighted by molar-refractivity contribution is 6.18. The van der Waals surface area contributed by atoms with E-state index >= 15 is 0 Å². The van der Waals surface area contributed by atoms with Crippen LogP contribution in [0.25, 0.3) is 0 Å². The molecule has 0 aliphatic carbocycles. The summed E-state index contributed by atoms with van der Waals surface area (Å²) < 4.78 is 10.9. The van der Waals surface area contributed by atoms with Crippen LogP contribution in [0.4, 0.5) is 5.69 Å². The minimum Gasteiger partial charge on any atom is -0.459 e. The number of fused-ring (bicyclic) bond motifs is 2. The first-order valence-corrected chi connectivity index (χ1v) is 8.83. The number of nitrogens with zero attached hydrogens (tertiary/aromatic N) is 2. The van der Waals surface area contributed by atoms with E-state index in [1.807, 2.05) is 6.07 Å². The van der Waals surface area contributed by atoms with Crippen LogP contribution < -0.4 is 10.6 Å². The third-order valence-corrected chi connectivity index (χ3v) is 4.75. The highest BCUT2D eigenvalue weighted by Gasteiger charge is 2.62. The maximum absolute atomic E-state index is 13.7. The van der Waals surface area contributed by atoms with Gasteiger partial charge in [0, 0.05) is 17.8 Å². The van der Waals surface area contributed by atoms with Gasteiger partial charge in [-0.3, -0.25) is 4.79 Å². The van der Waals surface area contributed by atoms with Crippen molar-refractivity contribution < 1.29 is 19.1 Å². The summed E-state index contributed by atoms with van der Waals surface area (Å²) in [4.78, 5) is 28.3. The number of hydrogen-bond donors (Lipinski definition) is 1. The predicted molar refractivity (Wildman–Crippen MR) is 103 cm³/mol. The lowest BCUT2D eigenvalue weighted by molar-refractivity contribution is -0.144. The van der Waals surface area contributed by atoms with Crippen LogP contribution in [0.1, 0.15) is 26.3 Å². The van der Waals surface area contributed by atoms with Gasteiger partial charge >= 0.3 is 5.97 Å². The third kappa shape index (κ3) is 2.49. The van der Waals surface area contributed by atoms with E-state index in [0.717, 1.165) is 0 Å². The van der Waals surface area contributed by atoms with Gasteiger partial charge in [0.25, 0.3) is 0 Å². The molecule has 7 nitrogen and oxygen atoms in total. The van der Waals surface area contributed by atoms with Gasteiger partial charge in [-0.2, -0.15) is 5.26 Å². The van der Waals surface area contributed by atoms with Gasteiger partial charge in [0.2, 0.25) is 11.8 Å². The zero-order valence-electron chi connectivity index (χ0n) is 16.0. The fourth-order valence-electron chi connectivity index (χ4n) is 3.80. The molecule has 144 valence electrons. The summed E-state index contributed by atoms with van der Waals surface area (Å²) in [5, 5.41) is 9.88. The van der Waals surface area contributed by atoms with Crippen molar-refractivity contribution in [3.8, 4) is 6.07 Å². The number of rotatable bonds is 4. The van der Waals surface area contributed by atoms with Crippen molar-refractivity contribution in [2.75, 3.05) is 11.4 Å². The zero-order chi connectivity index (χ0) is 20.6. The molecule has 0 saturated carbocycles. The van der Waals surface area contributed by atoms with E-state index < -0.39 is 23.4 Å². The Kier molecular flexibility index (Phi) is 4.73. The van der Waals surface area contributed by atoms with E-state index in [9.17, 15) is 14.9 Å². The second-order valence-electron chi connectivity index (χ2n) is 6.81. The summed E-state index contributed by atoms with van der Waals surface area (Å²) in [7, 11) is 0. The Morgan fingerprint density at radius 1 is 1.46 bits per heavy atom. The van der Waals surface area contributed by atoms with Gasteiger partial charge in [-0.15, -0.1) is 6.58 Å². The Morgan fingerprint density at radius 3 is 2.75 bits per heavy atom. The molecule has 0 unspecified atom stereocenters. The Balaban J connectivity index is 2.39. The number of hydrogen-bond acceptors (Lipinski definition) is 6. The molecule has 1 aromatic rings. The Labute approximate surface area is 163 Å². The largest absolute Gasteiger partial charge is 0.459 e. The molecule has 0 fully saturated rings. The molecular weight excluding hydrogens is 358 g/mol. The number of nitrogens with two attached hydrogens (primary N) is 1. The van der Waals surface area contributed by atoms with E-state index in [2.05, 4.69) is 6.58 Å². The molecule has 1 amide bonds. The lowest BCUT2D eigenvalue weighted by Gasteiger charge is -2.34. The molecule has 2 aliphatic heterocycles. The van der Waals surface area contributed by atoms with Crippen molar-refractivity contribution in [3.63, 3.8) is 0 Å². The molecule has 2 heterocycles. The van der Waals surface area contributed by atoms with Gasteiger partial charge < -0.3 is 20.1 Å². The molecule has 2 N–H and O–H groups in total. The fraction of sp³-hybridized carbons (Fsp3) is 0.286. The third-order valence-electron chi connectivity index (χ3n) is 4.75. The molecular formula is C21H21N3O4. The molecule has 2 aliphatic rings. The van der Waals surface area contributed by atoms with Gasteiger partial charge in [-0.25, -0.2) is 4.79 Å². The fourth-order valence-corrected chi connectivity index (χ4v) is 3.80. The van der Waals surface area contributed by atoms with Crippen molar-refractivity contribution in [1.82, 2.24) is 0 Å². The molecule has 1 aromatic carbocycles. The normalized spacial score (nSPS) is 21.0. The number of anilines is 1. The Bertz CT molecular complexity index is 984. The number of carbonyl (C=O) groups excluding carboxylic acids is 2. The van der Waals surface area contributed by atoms with E-state index in [1.165, 1.54) is 11.8 Å². The highest BCUT2D eigenvalue weighted by atomic mass is 16.5. The van der Waals surface area contributed by atoms with Crippen LogP contribution in [-0.2, 0) is 24.5 Å². The van der Waals surface area contributed by atoms with Crippen LogP contribution >= 0.6 is 0 Å². The van der Waals surface area contributed by atoms with E-state index in [-0.39, 0.29) is 29.3 Å². The van der Waals surface area contributed by atoms with Gasteiger partial charge in [-0.1, -0.05) is 24.3 Å². The number of ether oxygens (including phenoxy) is 2. The summed E-state index contributed by atoms with van der Waals surface area (Å²) in [6, 6.07) is 8.98. The van der Waals surface area contributed by atoms with Crippen LogP contribution in [0.2, 0.25) is 0 Å². The van der Waals surface area contributed by atoms with Crippen molar-refractivity contribution in [2.24, 2.45) is 5.73 Å². The smallest absolute Gasteiger partial charge is 0.339 e. The van der Waals surface area contributed by atoms with Crippen molar-refractivity contribution in [3.05, 3.63) is 65.3 Å². The highest BCUT2D eigenvalue weighted by Crippen LogP contribution is 2.54. The van der Waals surface area contributed by atoms with E-state index in [1.54, 1.807) is 44.2 Å². The summed E-state index contributed by atoms with van der Waals surface area (Å²) in [6.45, 7) is 8.85. The monoisotopic (exact) mass is 379 g/mol. The number of esters is 1. The topological polar surface area (TPSA) is 106 Å². The Morgan fingerprint density at radius 2 is 2.14 bits per heavy atom. The average Bonchev–Trinajstić information content (AvgIpc) is 2.85. The zero-order valence-corrected chi connectivity index (χ0v) is 16.0. The number of allylic oxidation sites excluding steroid dienone is 1. The number of nitriles is 1. The van der Waals surface area contributed by atoms with Gasteiger partial charge in [0.15, 0.2) is 5.41 Å². The van der Waals surface area contributed by atoms with Gasteiger partial charge in [0.1, 0.15) is 23.0 Å². The number of benzene rings is 1. The lowest BCUT2D eigenvalue weighted by Crippen LogP contribution is -2.48. The van der Waals surface area contributed by atoms with Crippen molar-refractivity contribution in [2.45, 2.75) is 32.3 Å². The first kappa shape index (κ1) is 19.2. The quantitative estimate of drug-likeness (QED) is 0.636. The standard InChI is InChI=1S/C21H21N3O4/c1-5-10-24-16-9-7-6-8-14(16)21(20(24)26)15(11-22)18(23)28-13(4)17(21)19(25)27-12(2)3/h5-9,12H,1,10,23H2,2-4H3/t21-/m1/s1. The molecule has 1 atom stereocenters. The summed E-state index contributed by atoms with van der Waals surface area (Å²) in [5.74, 6) is -1.27. The van der Waals surface area contributed by atoms with Crippen LogP contribution in [0, 0.1) is 11.3 Å². The number of amides is 1. The molecule has 3 rings (SSSR count). The maximum Gasteiger partial charge on any atom is 0.339 e. The minimum atomic E-state index is -1.72. The summed E-state index contributed by atoms with van der Waals surface area (Å²) in [5.41, 5.74) is 5.19. The number of para-hydroxylation sites is 1. The van der Waals surface area contributed by atoms with Crippen LogP contribution in [0.15, 0.2) is 59.7 Å². The summed E-state index contributed by atoms with van der Waals surface area (Å²) >= 11 is 0. The van der Waals surface area contributed by atoms with Crippen LogP contribution in [-0.4, -0.2) is 24.5 Å². The molecule has 7 heteroatoms. The molecule has 0 saturated heterocycles. The summed E-state index contributed by atoms with van der Waals surface area (Å²) in [6.07, 6.45) is 1.16. The molecule has 1 spiro atoms.